The van der Waals surface area contributed by atoms with Gasteiger partial charge in [0, 0.05) is 22.0 Å². The van der Waals surface area contributed by atoms with Gasteiger partial charge in [-0.3, -0.25) is 0 Å². The number of nitrogens with zero attached hydrogens (tertiary/aromatic N) is 2. The van der Waals surface area contributed by atoms with Gasteiger partial charge in [0.05, 0.1) is 11.6 Å². The fraction of sp³-hybridized carbons (Fsp3) is 0. The lowest BCUT2D eigenvalue weighted by molar-refractivity contribution is 0.487. The summed E-state index contributed by atoms with van der Waals surface area (Å²) in [5.41, 5.74) is 2.59. The van der Waals surface area contributed by atoms with Crippen molar-refractivity contribution < 1.29 is 4.74 Å². The van der Waals surface area contributed by atoms with Crippen LogP contribution in [0.25, 0.3) is 31.6 Å². The van der Waals surface area contributed by atoms with E-state index in [0.29, 0.717) is 17.1 Å². The Morgan fingerprint density at radius 1 is 1.04 bits per heavy atom. The number of aromatic nitrogens is 2. The molecule has 0 radical (unpaired) electrons. The van der Waals surface area contributed by atoms with Gasteiger partial charge >= 0.3 is 0 Å². The zero-order valence-corrected chi connectivity index (χ0v) is 15.0. The van der Waals surface area contributed by atoms with Crippen LogP contribution in [-0.4, -0.2) is 9.97 Å². The van der Waals surface area contributed by atoms with E-state index in [0.717, 1.165) is 31.6 Å². The zero-order valence-electron chi connectivity index (χ0n) is 14.1. The Morgan fingerprint density at radius 2 is 1.93 bits per heavy atom. The summed E-state index contributed by atoms with van der Waals surface area (Å²) in [4.78, 5) is 9.57. The van der Waals surface area contributed by atoms with Crippen LogP contribution in [0.1, 0.15) is 5.56 Å². The van der Waals surface area contributed by atoms with Crippen molar-refractivity contribution in [1.29, 1.82) is 5.26 Å². The SMILES string of the molecule is N#Cc1cnc2sc(-c3ccccc3)cc2c1Oc1ccc2[nH]ccc2c1. The molecular weight excluding hydrogens is 354 g/mol. The maximum atomic E-state index is 9.55. The number of nitriles is 1. The molecule has 3 aromatic heterocycles. The van der Waals surface area contributed by atoms with Crippen molar-refractivity contribution in [2.75, 3.05) is 0 Å². The molecule has 0 bridgehead atoms. The molecule has 4 nitrogen and oxygen atoms in total. The minimum Gasteiger partial charge on any atom is -0.455 e. The van der Waals surface area contributed by atoms with E-state index in [9.17, 15) is 5.26 Å². The van der Waals surface area contributed by atoms with E-state index in [4.69, 9.17) is 4.74 Å². The molecule has 0 spiro atoms. The van der Waals surface area contributed by atoms with E-state index >= 15 is 0 Å². The minimum atomic E-state index is 0.425. The topological polar surface area (TPSA) is 61.7 Å². The average molecular weight is 367 g/mol. The molecule has 0 aliphatic carbocycles. The summed E-state index contributed by atoms with van der Waals surface area (Å²) in [5, 5.41) is 11.5. The summed E-state index contributed by atoms with van der Waals surface area (Å²) in [6, 6.07) is 22.2. The minimum absolute atomic E-state index is 0.425. The van der Waals surface area contributed by atoms with Crippen LogP contribution >= 0.6 is 11.3 Å². The molecule has 1 N–H and O–H groups in total. The lowest BCUT2D eigenvalue weighted by Crippen LogP contribution is -1.90. The molecule has 0 amide bonds. The van der Waals surface area contributed by atoms with Crippen LogP contribution in [0.3, 0.4) is 0 Å². The third-order valence-corrected chi connectivity index (χ3v) is 5.53. The largest absolute Gasteiger partial charge is 0.455 e. The molecule has 0 aliphatic heterocycles. The first-order valence-corrected chi connectivity index (χ1v) is 9.26. The first-order chi connectivity index (χ1) is 13.3. The van der Waals surface area contributed by atoms with Crippen LogP contribution < -0.4 is 4.74 Å². The predicted octanol–water partition coefficient (Wildman–Crippen LogP) is 6.11. The first-order valence-electron chi connectivity index (χ1n) is 8.45. The van der Waals surface area contributed by atoms with E-state index in [2.05, 4.69) is 28.2 Å². The number of pyridine rings is 1. The number of fused-ring (bicyclic) bond motifs is 2. The Morgan fingerprint density at radius 3 is 2.78 bits per heavy atom. The molecule has 0 aliphatic rings. The fourth-order valence-electron chi connectivity index (χ4n) is 3.11. The molecule has 27 heavy (non-hydrogen) atoms. The summed E-state index contributed by atoms with van der Waals surface area (Å²) in [5.74, 6) is 1.24. The molecule has 3 heterocycles. The molecule has 0 saturated carbocycles. The summed E-state index contributed by atoms with van der Waals surface area (Å²) in [7, 11) is 0. The molecule has 0 saturated heterocycles. The van der Waals surface area contributed by atoms with E-state index in [1.54, 1.807) is 17.5 Å². The molecule has 0 fully saturated rings. The van der Waals surface area contributed by atoms with Crippen molar-refractivity contribution in [3.05, 3.63) is 78.6 Å². The van der Waals surface area contributed by atoms with Gasteiger partial charge in [0.25, 0.3) is 0 Å². The monoisotopic (exact) mass is 367 g/mol. The lowest BCUT2D eigenvalue weighted by atomic mass is 10.1. The normalized spacial score (nSPS) is 10.9. The van der Waals surface area contributed by atoms with Gasteiger partial charge in [-0.25, -0.2) is 4.98 Å². The van der Waals surface area contributed by atoms with Crippen molar-refractivity contribution in [2.45, 2.75) is 0 Å². The molecule has 0 unspecified atom stereocenters. The van der Waals surface area contributed by atoms with Gasteiger partial charge < -0.3 is 9.72 Å². The Balaban J connectivity index is 1.65. The molecule has 5 heteroatoms. The Bertz CT molecular complexity index is 1310. The fourth-order valence-corrected chi connectivity index (χ4v) is 4.12. The van der Waals surface area contributed by atoms with Crippen molar-refractivity contribution in [2.24, 2.45) is 0 Å². The molecule has 128 valence electrons. The highest BCUT2D eigenvalue weighted by Gasteiger charge is 2.15. The quantitative estimate of drug-likeness (QED) is 0.418. The van der Waals surface area contributed by atoms with Gasteiger partial charge in [-0.05, 0) is 35.9 Å². The number of thiophene rings is 1. The standard InChI is InChI=1S/C22H13N3OS/c23-12-16-13-25-22-18(11-20(27-22)14-4-2-1-3-5-14)21(16)26-17-6-7-19-15(10-17)8-9-24-19/h1-11,13,24H. The van der Waals surface area contributed by atoms with Crippen LogP contribution in [0.15, 0.2) is 73.1 Å². The van der Waals surface area contributed by atoms with Gasteiger partial charge in [0.15, 0.2) is 5.75 Å². The van der Waals surface area contributed by atoms with Gasteiger partial charge in [0.2, 0.25) is 0 Å². The molecular formula is C22H13N3OS. The average Bonchev–Trinajstić information content (AvgIpc) is 3.35. The maximum absolute atomic E-state index is 9.55. The summed E-state index contributed by atoms with van der Waals surface area (Å²) < 4.78 is 6.17. The number of nitrogens with one attached hydrogen (secondary N) is 1. The Kier molecular flexibility index (Phi) is 3.63. The van der Waals surface area contributed by atoms with Gasteiger partial charge in [-0.1, -0.05) is 30.3 Å². The highest BCUT2D eigenvalue weighted by atomic mass is 32.1. The van der Waals surface area contributed by atoms with Gasteiger partial charge in [-0.15, -0.1) is 11.3 Å². The van der Waals surface area contributed by atoms with Crippen molar-refractivity contribution in [3.8, 4) is 28.0 Å². The molecule has 5 rings (SSSR count). The third-order valence-electron chi connectivity index (χ3n) is 4.44. The van der Waals surface area contributed by atoms with E-state index in [1.807, 2.05) is 54.7 Å². The second-order valence-corrected chi connectivity index (χ2v) is 7.17. The highest BCUT2D eigenvalue weighted by molar-refractivity contribution is 7.21. The lowest BCUT2D eigenvalue weighted by Gasteiger charge is -2.08. The zero-order chi connectivity index (χ0) is 18.2. The summed E-state index contributed by atoms with van der Waals surface area (Å²) >= 11 is 1.59. The third kappa shape index (κ3) is 2.73. The van der Waals surface area contributed by atoms with Crippen LogP contribution in [0.4, 0.5) is 0 Å². The van der Waals surface area contributed by atoms with Crippen LogP contribution in [0.2, 0.25) is 0 Å². The number of ether oxygens (including phenoxy) is 1. The highest BCUT2D eigenvalue weighted by Crippen LogP contribution is 2.40. The molecule has 2 aromatic carbocycles. The summed E-state index contributed by atoms with van der Waals surface area (Å²) in [6.45, 7) is 0. The van der Waals surface area contributed by atoms with E-state index in [1.165, 1.54) is 0 Å². The number of hydrogen-bond donors (Lipinski definition) is 1. The van der Waals surface area contributed by atoms with Crippen LogP contribution in [0, 0.1) is 11.3 Å². The molecule has 5 aromatic rings. The van der Waals surface area contributed by atoms with Crippen molar-refractivity contribution >= 4 is 32.5 Å². The first kappa shape index (κ1) is 15.6. The number of hydrogen-bond acceptors (Lipinski definition) is 4. The smallest absolute Gasteiger partial charge is 0.157 e. The summed E-state index contributed by atoms with van der Waals surface area (Å²) in [6.07, 6.45) is 3.47. The number of aromatic amines is 1. The van der Waals surface area contributed by atoms with Crippen molar-refractivity contribution in [1.82, 2.24) is 9.97 Å². The van der Waals surface area contributed by atoms with Gasteiger partial charge in [0.1, 0.15) is 22.2 Å². The Labute approximate surface area is 159 Å². The second-order valence-electron chi connectivity index (χ2n) is 6.14. The number of rotatable bonds is 3. The second kappa shape index (κ2) is 6.27. The number of H-pyrrole nitrogens is 1. The van der Waals surface area contributed by atoms with E-state index < -0.39 is 0 Å². The maximum Gasteiger partial charge on any atom is 0.157 e. The predicted molar refractivity (Wildman–Crippen MR) is 108 cm³/mol. The number of benzene rings is 2. The van der Waals surface area contributed by atoms with Gasteiger partial charge in [-0.2, -0.15) is 5.26 Å². The molecule has 0 atom stereocenters. The Hall–Kier alpha value is -3.62. The van der Waals surface area contributed by atoms with Crippen LogP contribution in [-0.2, 0) is 0 Å². The van der Waals surface area contributed by atoms with Crippen molar-refractivity contribution in [3.63, 3.8) is 0 Å². The van der Waals surface area contributed by atoms with Crippen LogP contribution in [0.5, 0.6) is 11.5 Å². The van der Waals surface area contributed by atoms with E-state index in [-0.39, 0.29) is 0 Å².